The largest absolute Gasteiger partial charge is 0.321 e. The molecule has 0 saturated heterocycles. The third kappa shape index (κ3) is 2.68. The molecule has 0 aromatic carbocycles. The molecule has 4 aromatic heterocycles. The van der Waals surface area contributed by atoms with Crippen molar-refractivity contribution in [3.63, 3.8) is 0 Å². The van der Waals surface area contributed by atoms with Gasteiger partial charge in [-0.15, -0.1) is 11.3 Å². The van der Waals surface area contributed by atoms with Gasteiger partial charge in [-0.3, -0.25) is 9.78 Å². The number of nitrogens with one attached hydrogen (secondary N) is 2. The van der Waals surface area contributed by atoms with Crippen LogP contribution >= 0.6 is 11.3 Å². The van der Waals surface area contributed by atoms with Crippen molar-refractivity contribution in [2.75, 3.05) is 5.32 Å². The summed E-state index contributed by atoms with van der Waals surface area (Å²) < 4.78 is 2.96. The predicted molar refractivity (Wildman–Crippen MR) is 90.8 cm³/mol. The summed E-state index contributed by atoms with van der Waals surface area (Å²) in [5, 5.41) is 16.4. The van der Waals surface area contributed by atoms with E-state index < -0.39 is 0 Å². The lowest BCUT2D eigenvalue weighted by atomic mass is 10.2. The van der Waals surface area contributed by atoms with Gasteiger partial charge in [0.05, 0.1) is 34.0 Å². The first-order chi connectivity index (χ1) is 11.3. The fourth-order valence-electron chi connectivity index (χ4n) is 2.40. The first-order valence-corrected chi connectivity index (χ1v) is 8.25. The Kier molecular flexibility index (Phi) is 3.51. The number of thiophene rings is 1. The summed E-state index contributed by atoms with van der Waals surface area (Å²) in [6, 6.07) is 2.00. The summed E-state index contributed by atoms with van der Waals surface area (Å²) in [5.41, 5.74) is 3.63. The number of hydrogen-bond acceptors (Lipinski definition) is 6. The molecule has 0 radical (unpaired) electrons. The van der Waals surface area contributed by atoms with E-state index in [1.807, 2.05) is 28.5 Å². The van der Waals surface area contributed by atoms with Crippen molar-refractivity contribution in [1.29, 1.82) is 0 Å². The molecule has 7 nitrogen and oxygen atoms in total. The van der Waals surface area contributed by atoms with Gasteiger partial charge in [-0.2, -0.15) is 10.2 Å². The lowest BCUT2D eigenvalue weighted by molar-refractivity contribution is 0.603. The zero-order valence-corrected chi connectivity index (χ0v) is 13.3. The SMILES string of the molecule is CCCn1cc(Nc2nc(-c3cn[nH]c3)c3sccc3n2)cn1. The van der Waals surface area contributed by atoms with Crippen molar-refractivity contribution in [2.45, 2.75) is 19.9 Å². The van der Waals surface area contributed by atoms with Crippen LogP contribution in [0, 0.1) is 0 Å². The van der Waals surface area contributed by atoms with Crippen LogP contribution in [0.25, 0.3) is 21.5 Å². The summed E-state index contributed by atoms with van der Waals surface area (Å²) in [5.74, 6) is 0.558. The Morgan fingerprint density at radius 1 is 1.30 bits per heavy atom. The maximum atomic E-state index is 4.66. The third-order valence-electron chi connectivity index (χ3n) is 3.42. The van der Waals surface area contributed by atoms with Gasteiger partial charge in [0, 0.05) is 24.5 Å². The van der Waals surface area contributed by atoms with Gasteiger partial charge < -0.3 is 5.32 Å². The lowest BCUT2D eigenvalue weighted by Crippen LogP contribution is -1.98. The highest BCUT2D eigenvalue weighted by Crippen LogP contribution is 2.31. The molecule has 4 heterocycles. The van der Waals surface area contributed by atoms with E-state index in [0.717, 1.165) is 40.1 Å². The molecule has 116 valence electrons. The topological polar surface area (TPSA) is 84.3 Å². The van der Waals surface area contributed by atoms with Gasteiger partial charge in [-0.05, 0) is 17.9 Å². The second kappa shape index (κ2) is 5.81. The Morgan fingerprint density at radius 2 is 2.26 bits per heavy atom. The van der Waals surface area contributed by atoms with E-state index in [-0.39, 0.29) is 0 Å². The molecule has 2 N–H and O–H groups in total. The van der Waals surface area contributed by atoms with Crippen molar-refractivity contribution in [3.8, 4) is 11.3 Å². The summed E-state index contributed by atoms with van der Waals surface area (Å²) in [6.45, 7) is 3.02. The molecule has 0 bridgehead atoms. The van der Waals surface area contributed by atoms with Crippen LogP contribution in [0.4, 0.5) is 11.6 Å². The fraction of sp³-hybridized carbons (Fsp3) is 0.200. The van der Waals surface area contributed by atoms with Crippen LogP contribution in [0.1, 0.15) is 13.3 Å². The van der Waals surface area contributed by atoms with Crippen molar-refractivity contribution < 1.29 is 0 Å². The number of H-pyrrole nitrogens is 1. The highest BCUT2D eigenvalue weighted by Gasteiger charge is 2.12. The Hall–Kier alpha value is -2.74. The zero-order chi connectivity index (χ0) is 15.6. The minimum Gasteiger partial charge on any atom is -0.321 e. The maximum Gasteiger partial charge on any atom is 0.228 e. The van der Waals surface area contributed by atoms with Crippen LogP contribution in [0.3, 0.4) is 0 Å². The number of fused-ring (bicyclic) bond motifs is 1. The van der Waals surface area contributed by atoms with Crippen LogP contribution in [0.5, 0.6) is 0 Å². The van der Waals surface area contributed by atoms with E-state index in [9.17, 15) is 0 Å². The van der Waals surface area contributed by atoms with Crippen LogP contribution < -0.4 is 5.32 Å². The van der Waals surface area contributed by atoms with Crippen LogP contribution in [-0.2, 0) is 6.54 Å². The molecule has 0 aliphatic rings. The maximum absolute atomic E-state index is 4.66. The van der Waals surface area contributed by atoms with Gasteiger partial charge in [-0.1, -0.05) is 6.92 Å². The molecule has 23 heavy (non-hydrogen) atoms. The molecular weight excluding hydrogens is 310 g/mol. The summed E-state index contributed by atoms with van der Waals surface area (Å²) in [7, 11) is 0. The van der Waals surface area contributed by atoms with Crippen LogP contribution in [-0.4, -0.2) is 29.9 Å². The fourth-order valence-corrected chi connectivity index (χ4v) is 3.25. The van der Waals surface area contributed by atoms with Crippen molar-refractivity contribution >= 4 is 33.2 Å². The van der Waals surface area contributed by atoms with Gasteiger partial charge in [0.1, 0.15) is 0 Å². The Balaban J connectivity index is 1.72. The normalized spacial score (nSPS) is 11.2. The smallest absolute Gasteiger partial charge is 0.228 e. The average Bonchev–Trinajstić information content (AvgIpc) is 3.28. The summed E-state index contributed by atoms with van der Waals surface area (Å²) in [6.07, 6.45) is 8.40. The Morgan fingerprint density at radius 3 is 3.09 bits per heavy atom. The lowest BCUT2D eigenvalue weighted by Gasteiger charge is -2.05. The second-order valence-electron chi connectivity index (χ2n) is 5.13. The molecule has 0 unspecified atom stereocenters. The minimum absolute atomic E-state index is 0.558. The van der Waals surface area contributed by atoms with Gasteiger partial charge in [0.25, 0.3) is 0 Å². The number of nitrogens with zero attached hydrogens (tertiary/aromatic N) is 5. The Labute approximate surface area is 136 Å². The number of aromatic amines is 1. The Bertz CT molecular complexity index is 923. The van der Waals surface area contributed by atoms with Gasteiger partial charge in [0.2, 0.25) is 5.95 Å². The van der Waals surface area contributed by atoms with Crippen molar-refractivity contribution in [2.24, 2.45) is 0 Å². The zero-order valence-electron chi connectivity index (χ0n) is 12.5. The third-order valence-corrected chi connectivity index (χ3v) is 4.33. The number of aromatic nitrogens is 6. The van der Waals surface area contributed by atoms with Crippen LogP contribution in [0.2, 0.25) is 0 Å². The van der Waals surface area contributed by atoms with E-state index in [1.54, 1.807) is 23.7 Å². The molecular formula is C15H15N7S. The molecule has 0 aliphatic heterocycles. The number of anilines is 2. The molecule has 0 amide bonds. The molecule has 0 saturated carbocycles. The highest BCUT2D eigenvalue weighted by atomic mass is 32.1. The summed E-state index contributed by atoms with van der Waals surface area (Å²) >= 11 is 1.63. The van der Waals surface area contributed by atoms with E-state index in [1.165, 1.54) is 0 Å². The first-order valence-electron chi connectivity index (χ1n) is 7.37. The van der Waals surface area contributed by atoms with Gasteiger partial charge >= 0.3 is 0 Å². The highest BCUT2D eigenvalue weighted by molar-refractivity contribution is 7.17. The molecule has 0 atom stereocenters. The second-order valence-corrected chi connectivity index (χ2v) is 6.05. The van der Waals surface area contributed by atoms with E-state index in [0.29, 0.717) is 5.95 Å². The van der Waals surface area contributed by atoms with Crippen molar-refractivity contribution in [3.05, 3.63) is 36.2 Å². The minimum atomic E-state index is 0.558. The van der Waals surface area contributed by atoms with E-state index in [2.05, 4.69) is 37.5 Å². The van der Waals surface area contributed by atoms with Gasteiger partial charge in [-0.25, -0.2) is 9.97 Å². The number of hydrogen-bond donors (Lipinski definition) is 2. The molecule has 4 rings (SSSR count). The van der Waals surface area contributed by atoms with Crippen LogP contribution in [0.15, 0.2) is 36.2 Å². The molecule has 0 fully saturated rings. The molecule has 8 heteroatoms. The predicted octanol–water partition coefficient (Wildman–Crippen LogP) is 3.43. The number of rotatable bonds is 5. The van der Waals surface area contributed by atoms with Crippen molar-refractivity contribution in [1.82, 2.24) is 29.9 Å². The molecule has 4 aromatic rings. The monoisotopic (exact) mass is 325 g/mol. The summed E-state index contributed by atoms with van der Waals surface area (Å²) in [4.78, 5) is 9.23. The number of aryl methyl sites for hydroxylation is 1. The molecule has 0 spiro atoms. The first kappa shape index (κ1) is 13.9. The van der Waals surface area contributed by atoms with E-state index in [4.69, 9.17) is 0 Å². The molecule has 0 aliphatic carbocycles. The average molecular weight is 325 g/mol. The van der Waals surface area contributed by atoms with E-state index >= 15 is 0 Å². The van der Waals surface area contributed by atoms with Gasteiger partial charge in [0.15, 0.2) is 0 Å². The quantitative estimate of drug-likeness (QED) is 0.587. The standard InChI is InChI=1S/C15H15N7S/c1-2-4-22-9-11(8-18-22)19-15-20-12-3-5-23-14(12)13(21-15)10-6-16-17-7-10/h3,5-9H,2,4H2,1H3,(H,16,17)(H,19,20,21).